The van der Waals surface area contributed by atoms with Gasteiger partial charge in [0.15, 0.2) is 0 Å². The lowest BCUT2D eigenvalue weighted by molar-refractivity contribution is 1.02. The van der Waals surface area contributed by atoms with E-state index in [1.807, 2.05) is 42.5 Å². The first-order valence-corrected chi connectivity index (χ1v) is 6.91. The van der Waals surface area contributed by atoms with Crippen molar-refractivity contribution in [1.82, 2.24) is 4.57 Å². The van der Waals surface area contributed by atoms with Crippen molar-refractivity contribution in [3.63, 3.8) is 0 Å². The average Bonchev–Trinajstić information content (AvgIpc) is 2.47. The molecule has 0 N–H and O–H groups in total. The van der Waals surface area contributed by atoms with Gasteiger partial charge in [0.2, 0.25) is 0 Å². The van der Waals surface area contributed by atoms with Crippen molar-refractivity contribution >= 4 is 34.1 Å². The van der Waals surface area contributed by atoms with Gasteiger partial charge in [0.1, 0.15) is 0 Å². The molecule has 2 nitrogen and oxygen atoms in total. The number of nitrogens with zero attached hydrogens (tertiary/aromatic N) is 1. The van der Waals surface area contributed by atoms with E-state index in [1.54, 1.807) is 17.6 Å². The van der Waals surface area contributed by atoms with Gasteiger partial charge in [-0.3, -0.25) is 9.36 Å². The highest BCUT2D eigenvalue weighted by atomic mass is 35.5. The van der Waals surface area contributed by atoms with Crippen LogP contribution in [0.15, 0.2) is 53.3 Å². The maximum absolute atomic E-state index is 12.6. The van der Waals surface area contributed by atoms with Gasteiger partial charge < -0.3 is 0 Å². The molecule has 100 valence electrons. The highest BCUT2D eigenvalue weighted by Crippen LogP contribution is 2.28. The van der Waals surface area contributed by atoms with E-state index < -0.39 is 0 Å². The van der Waals surface area contributed by atoms with Gasteiger partial charge in [0.05, 0.1) is 21.2 Å². The minimum atomic E-state index is -0.151. The molecule has 3 rings (SSSR count). The molecule has 0 spiro atoms. The van der Waals surface area contributed by atoms with Crippen molar-refractivity contribution < 1.29 is 0 Å². The van der Waals surface area contributed by atoms with E-state index in [9.17, 15) is 4.79 Å². The zero-order chi connectivity index (χ0) is 14.3. The van der Waals surface area contributed by atoms with Crippen LogP contribution in [0, 0.1) is 6.92 Å². The predicted octanol–water partition coefficient (Wildman–Crippen LogP) is 4.61. The Labute approximate surface area is 126 Å². The third-order valence-corrected chi connectivity index (χ3v) is 4.13. The molecular formula is C16H11Cl2NO. The van der Waals surface area contributed by atoms with Gasteiger partial charge in [-0.2, -0.15) is 0 Å². The van der Waals surface area contributed by atoms with Crippen molar-refractivity contribution in [2.75, 3.05) is 0 Å². The lowest BCUT2D eigenvalue weighted by atomic mass is 10.1. The molecule has 1 heterocycles. The van der Waals surface area contributed by atoms with Gasteiger partial charge in [-0.05, 0) is 25.1 Å². The van der Waals surface area contributed by atoms with Crippen molar-refractivity contribution in [3.8, 4) is 5.69 Å². The summed E-state index contributed by atoms with van der Waals surface area (Å²) in [5.41, 5.74) is 1.78. The predicted molar refractivity (Wildman–Crippen MR) is 84.3 cm³/mol. The molecule has 0 aliphatic heterocycles. The first kappa shape index (κ1) is 13.2. The van der Waals surface area contributed by atoms with Crippen LogP contribution in [0.2, 0.25) is 10.0 Å². The number of rotatable bonds is 1. The minimum Gasteiger partial charge on any atom is -0.275 e. The second-order valence-corrected chi connectivity index (χ2v) is 5.33. The Morgan fingerprint density at radius 1 is 0.950 bits per heavy atom. The lowest BCUT2D eigenvalue weighted by Gasteiger charge is -2.14. The molecule has 0 aliphatic rings. The maximum Gasteiger partial charge on any atom is 0.260 e. The van der Waals surface area contributed by atoms with Gasteiger partial charge >= 0.3 is 0 Å². The van der Waals surface area contributed by atoms with E-state index >= 15 is 0 Å². The molecule has 20 heavy (non-hydrogen) atoms. The van der Waals surface area contributed by atoms with Gasteiger partial charge in [-0.15, -0.1) is 0 Å². The van der Waals surface area contributed by atoms with Crippen LogP contribution in [0.1, 0.15) is 5.56 Å². The molecule has 0 radical (unpaired) electrons. The molecule has 1 aromatic heterocycles. The van der Waals surface area contributed by atoms with Crippen molar-refractivity contribution in [2.24, 2.45) is 0 Å². The Morgan fingerprint density at radius 2 is 1.60 bits per heavy atom. The SMILES string of the molecule is Cc1c(Cl)c2ccccc2n(-c2ccccc2Cl)c1=O. The summed E-state index contributed by atoms with van der Waals surface area (Å²) in [4.78, 5) is 12.6. The molecule has 3 aromatic rings. The molecule has 4 heteroatoms. The van der Waals surface area contributed by atoms with Crippen LogP contribution in [-0.2, 0) is 0 Å². The second-order valence-electron chi connectivity index (χ2n) is 4.55. The number of para-hydroxylation sites is 2. The van der Waals surface area contributed by atoms with Gasteiger partial charge in [0.25, 0.3) is 5.56 Å². The summed E-state index contributed by atoms with van der Waals surface area (Å²) in [6, 6.07) is 14.8. The minimum absolute atomic E-state index is 0.151. The van der Waals surface area contributed by atoms with E-state index in [0.717, 1.165) is 10.9 Å². The summed E-state index contributed by atoms with van der Waals surface area (Å²) < 4.78 is 1.61. The molecule has 0 saturated carbocycles. The number of fused-ring (bicyclic) bond motifs is 1. The largest absolute Gasteiger partial charge is 0.275 e. The molecule has 0 atom stereocenters. The average molecular weight is 304 g/mol. The summed E-state index contributed by atoms with van der Waals surface area (Å²) in [6.07, 6.45) is 0. The molecule has 0 amide bonds. The summed E-state index contributed by atoms with van der Waals surface area (Å²) in [6.45, 7) is 1.73. The van der Waals surface area contributed by atoms with Crippen molar-refractivity contribution in [1.29, 1.82) is 0 Å². The van der Waals surface area contributed by atoms with E-state index in [1.165, 1.54) is 0 Å². The smallest absolute Gasteiger partial charge is 0.260 e. The zero-order valence-corrected chi connectivity index (χ0v) is 12.2. The van der Waals surface area contributed by atoms with Crippen LogP contribution < -0.4 is 5.56 Å². The molecule has 0 fully saturated rings. The standard InChI is InChI=1S/C16H11Cl2NO/c1-10-15(18)11-6-2-4-8-13(11)19(16(10)20)14-9-5-3-7-12(14)17/h2-9H,1H3. The van der Waals surface area contributed by atoms with Crippen LogP contribution in [0.5, 0.6) is 0 Å². The fraction of sp³-hybridized carbons (Fsp3) is 0.0625. The highest BCUT2D eigenvalue weighted by molar-refractivity contribution is 6.36. The number of aromatic nitrogens is 1. The van der Waals surface area contributed by atoms with Gasteiger partial charge in [-0.1, -0.05) is 53.5 Å². The van der Waals surface area contributed by atoms with Crippen LogP contribution in [0.3, 0.4) is 0 Å². The summed E-state index contributed by atoms with van der Waals surface area (Å²) >= 11 is 12.5. The summed E-state index contributed by atoms with van der Waals surface area (Å²) in [7, 11) is 0. The number of benzene rings is 2. The Hall–Kier alpha value is -1.77. The number of pyridine rings is 1. The van der Waals surface area contributed by atoms with E-state index in [-0.39, 0.29) is 5.56 Å². The van der Waals surface area contributed by atoms with Crippen LogP contribution in [0.25, 0.3) is 16.6 Å². The topological polar surface area (TPSA) is 22.0 Å². The molecule has 0 bridgehead atoms. The third kappa shape index (κ3) is 1.92. The van der Waals surface area contributed by atoms with Crippen LogP contribution in [0.4, 0.5) is 0 Å². The normalized spacial score (nSPS) is 10.9. The van der Waals surface area contributed by atoms with E-state index in [4.69, 9.17) is 23.2 Å². The van der Waals surface area contributed by atoms with Crippen LogP contribution >= 0.6 is 23.2 Å². The van der Waals surface area contributed by atoms with Crippen molar-refractivity contribution in [2.45, 2.75) is 6.92 Å². The Bertz CT molecular complexity index is 868. The fourth-order valence-electron chi connectivity index (χ4n) is 2.30. The second kappa shape index (κ2) is 4.97. The zero-order valence-electron chi connectivity index (χ0n) is 10.7. The fourth-order valence-corrected chi connectivity index (χ4v) is 2.76. The Morgan fingerprint density at radius 3 is 2.35 bits per heavy atom. The lowest BCUT2D eigenvalue weighted by Crippen LogP contribution is -2.21. The molecule has 0 unspecified atom stereocenters. The van der Waals surface area contributed by atoms with Crippen LogP contribution in [-0.4, -0.2) is 4.57 Å². The third-order valence-electron chi connectivity index (χ3n) is 3.33. The molecule has 0 saturated heterocycles. The number of hydrogen-bond donors (Lipinski definition) is 0. The van der Waals surface area contributed by atoms with Gasteiger partial charge in [0, 0.05) is 10.9 Å². The first-order chi connectivity index (χ1) is 9.61. The molecule has 2 aromatic carbocycles. The van der Waals surface area contributed by atoms with Crippen molar-refractivity contribution in [3.05, 3.63) is 74.5 Å². The Balaban J connectivity index is 2.54. The monoisotopic (exact) mass is 303 g/mol. The number of halogens is 2. The quantitative estimate of drug-likeness (QED) is 0.643. The summed E-state index contributed by atoms with van der Waals surface area (Å²) in [5, 5.41) is 1.86. The van der Waals surface area contributed by atoms with E-state index in [2.05, 4.69) is 0 Å². The first-order valence-electron chi connectivity index (χ1n) is 6.16. The molecule has 0 aliphatic carbocycles. The maximum atomic E-state index is 12.6. The van der Waals surface area contributed by atoms with E-state index in [0.29, 0.717) is 21.3 Å². The summed E-state index contributed by atoms with van der Waals surface area (Å²) in [5.74, 6) is 0. The Kier molecular flexibility index (Phi) is 3.28. The molecular weight excluding hydrogens is 293 g/mol. The van der Waals surface area contributed by atoms with Gasteiger partial charge in [-0.25, -0.2) is 0 Å². The highest BCUT2D eigenvalue weighted by Gasteiger charge is 2.14. The number of hydrogen-bond acceptors (Lipinski definition) is 1.